The average molecular weight is 378 g/mol. The Bertz CT molecular complexity index is 594. The van der Waals surface area contributed by atoms with Crippen molar-refractivity contribution in [3.05, 3.63) is 24.3 Å². The maximum absolute atomic E-state index is 10.4. The van der Waals surface area contributed by atoms with Gasteiger partial charge in [0.15, 0.2) is 5.96 Å². The van der Waals surface area contributed by atoms with Gasteiger partial charge in [0.05, 0.1) is 19.3 Å². The van der Waals surface area contributed by atoms with E-state index in [1.807, 2.05) is 31.2 Å². The molecule has 0 amide bonds. The lowest BCUT2D eigenvalue weighted by molar-refractivity contribution is 0.00721. The van der Waals surface area contributed by atoms with Gasteiger partial charge in [-0.2, -0.15) is 0 Å². The van der Waals surface area contributed by atoms with Crippen molar-refractivity contribution < 1.29 is 14.6 Å². The van der Waals surface area contributed by atoms with Gasteiger partial charge in [-0.25, -0.2) is 0 Å². The number of nitrogens with zero attached hydrogens (tertiary/aromatic N) is 1. The van der Waals surface area contributed by atoms with Crippen molar-refractivity contribution >= 4 is 11.6 Å². The number of rotatable bonds is 9. The highest BCUT2D eigenvalue weighted by Crippen LogP contribution is 2.36. The molecule has 2 atom stereocenters. The monoisotopic (exact) mass is 377 g/mol. The highest BCUT2D eigenvalue weighted by atomic mass is 16.5. The molecule has 6 nitrogen and oxygen atoms in total. The van der Waals surface area contributed by atoms with Gasteiger partial charge < -0.3 is 25.2 Å². The van der Waals surface area contributed by atoms with Crippen LogP contribution in [0.5, 0.6) is 5.75 Å². The molecule has 0 aliphatic heterocycles. The molecular formula is C21H35N3O3. The lowest BCUT2D eigenvalue weighted by Gasteiger charge is -2.37. The van der Waals surface area contributed by atoms with E-state index in [0.29, 0.717) is 19.8 Å². The number of hydrogen-bond donors (Lipinski definition) is 3. The minimum atomic E-state index is -0.276. The number of nitrogens with one attached hydrogen (secondary N) is 2. The summed E-state index contributed by atoms with van der Waals surface area (Å²) in [6.45, 7) is 6.89. The molecule has 0 spiro atoms. The lowest BCUT2D eigenvalue weighted by atomic mass is 9.73. The van der Waals surface area contributed by atoms with Crippen molar-refractivity contribution in [3.63, 3.8) is 0 Å². The highest BCUT2D eigenvalue weighted by Gasteiger charge is 2.35. The molecule has 2 unspecified atom stereocenters. The van der Waals surface area contributed by atoms with Crippen molar-refractivity contribution in [2.45, 2.75) is 52.1 Å². The van der Waals surface area contributed by atoms with Crippen LogP contribution in [-0.4, -0.2) is 50.6 Å². The molecule has 3 N–H and O–H groups in total. The van der Waals surface area contributed by atoms with Gasteiger partial charge in [-0.15, -0.1) is 0 Å². The first-order valence-corrected chi connectivity index (χ1v) is 10.0. The second-order valence-corrected chi connectivity index (χ2v) is 7.46. The van der Waals surface area contributed by atoms with E-state index >= 15 is 0 Å². The number of aliphatic hydroxyl groups is 1. The number of guanidine groups is 1. The van der Waals surface area contributed by atoms with Crippen LogP contribution in [0.25, 0.3) is 0 Å². The van der Waals surface area contributed by atoms with Crippen molar-refractivity contribution in [2.75, 3.05) is 38.7 Å². The average Bonchev–Trinajstić information content (AvgIpc) is 2.67. The molecule has 27 heavy (non-hydrogen) atoms. The van der Waals surface area contributed by atoms with Gasteiger partial charge >= 0.3 is 0 Å². The Morgan fingerprint density at radius 3 is 2.93 bits per heavy atom. The minimum Gasteiger partial charge on any atom is -0.493 e. The van der Waals surface area contributed by atoms with Crippen LogP contribution in [-0.2, 0) is 4.74 Å². The summed E-state index contributed by atoms with van der Waals surface area (Å²) in [5.41, 5.74) is 0.778. The summed E-state index contributed by atoms with van der Waals surface area (Å²) in [7, 11) is 1.69. The summed E-state index contributed by atoms with van der Waals surface area (Å²) in [6, 6.07) is 7.87. The zero-order valence-corrected chi connectivity index (χ0v) is 17.0. The van der Waals surface area contributed by atoms with Crippen molar-refractivity contribution in [3.8, 4) is 5.75 Å². The van der Waals surface area contributed by atoms with Crippen molar-refractivity contribution in [1.82, 2.24) is 5.32 Å². The van der Waals surface area contributed by atoms with Crippen LogP contribution >= 0.6 is 0 Å². The van der Waals surface area contributed by atoms with Crippen molar-refractivity contribution in [1.29, 1.82) is 0 Å². The van der Waals surface area contributed by atoms with Crippen LogP contribution < -0.4 is 15.4 Å². The molecule has 0 aromatic heterocycles. The predicted molar refractivity (Wildman–Crippen MR) is 111 cm³/mol. The third-order valence-corrected chi connectivity index (χ3v) is 5.08. The molecule has 1 saturated carbocycles. The molecule has 1 aromatic carbocycles. The van der Waals surface area contributed by atoms with Gasteiger partial charge in [0, 0.05) is 43.9 Å². The minimum absolute atomic E-state index is 0.146. The van der Waals surface area contributed by atoms with Gasteiger partial charge in [-0.1, -0.05) is 25.8 Å². The van der Waals surface area contributed by atoms with E-state index in [1.54, 1.807) is 7.11 Å². The molecule has 1 aromatic rings. The van der Waals surface area contributed by atoms with E-state index in [0.717, 1.165) is 56.0 Å². The number of ether oxygens (including phenoxy) is 2. The first-order valence-electron chi connectivity index (χ1n) is 10.0. The smallest absolute Gasteiger partial charge is 0.195 e. The lowest BCUT2D eigenvalue weighted by Crippen LogP contribution is -2.39. The summed E-state index contributed by atoms with van der Waals surface area (Å²) in [6.07, 6.45) is 4.74. The number of methoxy groups -OCH3 is 1. The fourth-order valence-electron chi connectivity index (χ4n) is 3.33. The van der Waals surface area contributed by atoms with E-state index < -0.39 is 0 Å². The van der Waals surface area contributed by atoms with Crippen LogP contribution in [0.3, 0.4) is 0 Å². The Kier molecular flexibility index (Phi) is 8.88. The third-order valence-electron chi connectivity index (χ3n) is 5.08. The standard InChI is InChI=1S/C21H35N3O3/c1-4-22-20(23-16-21(2)12-6-5-11-19(21)25)24-17-9-7-10-18(15-17)27-14-8-13-26-3/h7,9-10,15,19,25H,4-6,8,11-14,16H2,1-3H3,(H2,22,23,24). The molecule has 0 saturated heterocycles. The number of aliphatic hydroxyl groups excluding tert-OH is 1. The van der Waals surface area contributed by atoms with Gasteiger partial charge in [0.2, 0.25) is 0 Å². The molecule has 2 rings (SSSR count). The topological polar surface area (TPSA) is 75.1 Å². The molecule has 6 heteroatoms. The number of benzene rings is 1. The fraction of sp³-hybridized carbons (Fsp3) is 0.667. The van der Waals surface area contributed by atoms with Crippen LogP contribution in [0.2, 0.25) is 0 Å². The Morgan fingerprint density at radius 1 is 1.33 bits per heavy atom. The SMILES string of the molecule is CCNC(=NCC1(C)CCCCC1O)Nc1cccc(OCCCOC)c1. The maximum Gasteiger partial charge on any atom is 0.195 e. The van der Waals surface area contributed by atoms with Gasteiger partial charge in [0.1, 0.15) is 5.75 Å². The van der Waals surface area contributed by atoms with Crippen LogP contribution in [0, 0.1) is 5.41 Å². The molecule has 1 fully saturated rings. The van der Waals surface area contributed by atoms with E-state index in [1.165, 1.54) is 0 Å². The quantitative estimate of drug-likeness (QED) is 0.349. The highest BCUT2D eigenvalue weighted by molar-refractivity contribution is 5.93. The molecule has 0 radical (unpaired) electrons. The second kappa shape index (κ2) is 11.1. The Morgan fingerprint density at radius 2 is 2.19 bits per heavy atom. The maximum atomic E-state index is 10.4. The zero-order chi connectivity index (χ0) is 19.5. The Hall–Kier alpha value is -1.79. The summed E-state index contributed by atoms with van der Waals surface area (Å²) < 4.78 is 10.8. The number of anilines is 1. The number of aliphatic imine (C=N–C) groups is 1. The zero-order valence-electron chi connectivity index (χ0n) is 17.0. The molecular weight excluding hydrogens is 342 g/mol. The van der Waals surface area contributed by atoms with Gasteiger partial charge in [-0.05, 0) is 31.9 Å². The molecule has 0 heterocycles. The van der Waals surface area contributed by atoms with E-state index in [4.69, 9.17) is 14.5 Å². The molecule has 1 aliphatic rings. The molecule has 1 aliphatic carbocycles. The first-order chi connectivity index (χ1) is 13.1. The normalized spacial score (nSPS) is 23.1. The number of hydrogen-bond acceptors (Lipinski definition) is 4. The van der Waals surface area contributed by atoms with Gasteiger partial charge in [0.25, 0.3) is 0 Å². The van der Waals surface area contributed by atoms with E-state index in [9.17, 15) is 5.11 Å². The van der Waals surface area contributed by atoms with Crippen molar-refractivity contribution in [2.24, 2.45) is 10.4 Å². The van der Waals surface area contributed by atoms with Gasteiger partial charge in [-0.3, -0.25) is 4.99 Å². The second-order valence-electron chi connectivity index (χ2n) is 7.46. The summed E-state index contributed by atoms with van der Waals surface area (Å²) in [5, 5.41) is 17.0. The Labute approximate surface area is 163 Å². The first kappa shape index (κ1) is 21.5. The summed E-state index contributed by atoms with van der Waals surface area (Å²) >= 11 is 0. The fourth-order valence-corrected chi connectivity index (χ4v) is 3.33. The Balaban J connectivity index is 1.98. The summed E-state index contributed by atoms with van der Waals surface area (Å²) in [5.74, 6) is 1.55. The van der Waals surface area contributed by atoms with Crippen LogP contribution in [0.15, 0.2) is 29.3 Å². The van der Waals surface area contributed by atoms with E-state index in [-0.39, 0.29) is 11.5 Å². The molecule has 152 valence electrons. The predicted octanol–water partition coefficient (Wildman–Crippen LogP) is 3.42. The van der Waals surface area contributed by atoms with Crippen LogP contribution in [0.1, 0.15) is 46.0 Å². The van der Waals surface area contributed by atoms with Crippen LogP contribution in [0.4, 0.5) is 5.69 Å². The summed E-state index contributed by atoms with van der Waals surface area (Å²) in [4.78, 5) is 4.75. The third kappa shape index (κ3) is 7.03. The van der Waals surface area contributed by atoms with E-state index in [2.05, 4.69) is 17.6 Å². The largest absolute Gasteiger partial charge is 0.493 e. The molecule has 0 bridgehead atoms.